The normalized spacial score (nSPS) is 12.4. The van der Waals surface area contributed by atoms with Crippen molar-refractivity contribution in [2.24, 2.45) is 0 Å². The molecule has 0 spiro atoms. The standard InChI is InChI=1S/C13H19N5O/c1-5-18-11(6-8(2)17-18)13(19)16-10(4)12-14-7-9(3)15-12/h6-7,10H,5H2,1-4H3,(H,14,15)(H,16,19)/t10-/m0/s1. The molecular formula is C13H19N5O. The molecule has 0 aliphatic heterocycles. The summed E-state index contributed by atoms with van der Waals surface area (Å²) in [6, 6.07) is 1.63. The lowest BCUT2D eigenvalue weighted by atomic mass is 10.3. The molecule has 0 aliphatic carbocycles. The Hall–Kier alpha value is -2.11. The second-order valence-electron chi connectivity index (χ2n) is 4.63. The van der Waals surface area contributed by atoms with Crippen molar-refractivity contribution in [3.05, 3.63) is 35.2 Å². The van der Waals surface area contributed by atoms with Crippen LogP contribution < -0.4 is 5.32 Å². The summed E-state index contributed by atoms with van der Waals surface area (Å²) in [5.41, 5.74) is 2.40. The van der Waals surface area contributed by atoms with Crippen molar-refractivity contribution in [1.29, 1.82) is 0 Å². The van der Waals surface area contributed by atoms with Crippen LogP contribution in [0.2, 0.25) is 0 Å². The van der Waals surface area contributed by atoms with Gasteiger partial charge in [-0.15, -0.1) is 0 Å². The molecule has 19 heavy (non-hydrogen) atoms. The molecule has 6 heteroatoms. The van der Waals surface area contributed by atoms with Crippen molar-refractivity contribution >= 4 is 5.91 Å². The number of aromatic nitrogens is 4. The summed E-state index contributed by atoms with van der Waals surface area (Å²) in [6.45, 7) is 8.34. The molecule has 0 aromatic carbocycles. The first-order chi connectivity index (χ1) is 9.01. The second kappa shape index (κ2) is 5.26. The van der Waals surface area contributed by atoms with E-state index in [0.29, 0.717) is 12.2 Å². The first-order valence-electron chi connectivity index (χ1n) is 6.38. The van der Waals surface area contributed by atoms with E-state index < -0.39 is 0 Å². The summed E-state index contributed by atoms with van der Waals surface area (Å²) in [4.78, 5) is 19.6. The van der Waals surface area contributed by atoms with Crippen LogP contribution in [-0.4, -0.2) is 25.7 Å². The van der Waals surface area contributed by atoms with Crippen molar-refractivity contribution in [2.75, 3.05) is 0 Å². The van der Waals surface area contributed by atoms with Gasteiger partial charge in [0.1, 0.15) is 11.5 Å². The summed E-state index contributed by atoms with van der Waals surface area (Å²) < 4.78 is 1.70. The van der Waals surface area contributed by atoms with Crippen molar-refractivity contribution in [1.82, 2.24) is 25.1 Å². The van der Waals surface area contributed by atoms with E-state index in [-0.39, 0.29) is 11.9 Å². The number of aryl methyl sites for hydroxylation is 3. The Kier molecular flexibility index (Phi) is 3.69. The molecule has 1 amide bonds. The van der Waals surface area contributed by atoms with Crippen LogP contribution in [0.25, 0.3) is 0 Å². The number of carbonyl (C=O) groups is 1. The lowest BCUT2D eigenvalue weighted by Crippen LogP contribution is -2.29. The summed E-state index contributed by atoms with van der Waals surface area (Å²) in [5.74, 6) is 0.620. The van der Waals surface area contributed by atoms with Crippen molar-refractivity contribution < 1.29 is 4.79 Å². The molecule has 2 heterocycles. The smallest absolute Gasteiger partial charge is 0.270 e. The SMILES string of the molecule is CCn1nc(C)cc1C(=O)N[C@@H](C)c1ncc(C)[nH]1. The molecule has 6 nitrogen and oxygen atoms in total. The number of hydrogen-bond acceptors (Lipinski definition) is 3. The number of aromatic amines is 1. The largest absolute Gasteiger partial charge is 0.344 e. The van der Waals surface area contributed by atoms with Crippen LogP contribution in [0.5, 0.6) is 0 Å². The van der Waals surface area contributed by atoms with E-state index >= 15 is 0 Å². The predicted molar refractivity (Wildman–Crippen MR) is 71.8 cm³/mol. The van der Waals surface area contributed by atoms with Gasteiger partial charge in [-0.3, -0.25) is 9.48 Å². The van der Waals surface area contributed by atoms with Crippen molar-refractivity contribution in [2.45, 2.75) is 40.3 Å². The highest BCUT2D eigenvalue weighted by atomic mass is 16.2. The van der Waals surface area contributed by atoms with E-state index in [1.807, 2.05) is 27.7 Å². The Morgan fingerprint density at radius 2 is 2.26 bits per heavy atom. The fourth-order valence-electron chi connectivity index (χ4n) is 1.96. The van der Waals surface area contributed by atoms with Gasteiger partial charge in [0, 0.05) is 18.4 Å². The van der Waals surface area contributed by atoms with Crippen LogP contribution in [0.3, 0.4) is 0 Å². The van der Waals surface area contributed by atoms with Crippen LogP contribution in [0.4, 0.5) is 0 Å². The molecule has 1 atom stereocenters. The maximum Gasteiger partial charge on any atom is 0.270 e. The third kappa shape index (κ3) is 2.83. The Morgan fingerprint density at radius 3 is 2.84 bits per heavy atom. The molecule has 2 N–H and O–H groups in total. The zero-order chi connectivity index (χ0) is 14.0. The van der Waals surface area contributed by atoms with Gasteiger partial charge in [0.2, 0.25) is 0 Å². The minimum Gasteiger partial charge on any atom is -0.344 e. The molecule has 0 saturated heterocycles. The lowest BCUT2D eigenvalue weighted by molar-refractivity contribution is 0.0927. The molecule has 2 rings (SSSR count). The molecule has 2 aromatic rings. The van der Waals surface area contributed by atoms with E-state index in [1.54, 1.807) is 16.9 Å². The Labute approximate surface area is 112 Å². The minimum atomic E-state index is -0.165. The van der Waals surface area contributed by atoms with E-state index in [1.165, 1.54) is 0 Å². The third-order valence-electron chi connectivity index (χ3n) is 2.91. The molecular weight excluding hydrogens is 242 g/mol. The maximum absolute atomic E-state index is 12.2. The minimum absolute atomic E-state index is 0.135. The fraction of sp³-hybridized carbons (Fsp3) is 0.462. The van der Waals surface area contributed by atoms with Gasteiger partial charge in [-0.2, -0.15) is 5.10 Å². The van der Waals surface area contributed by atoms with Gasteiger partial charge < -0.3 is 10.3 Å². The molecule has 0 fully saturated rings. The van der Waals surface area contributed by atoms with Gasteiger partial charge in [-0.05, 0) is 33.8 Å². The highest BCUT2D eigenvalue weighted by Gasteiger charge is 2.17. The monoisotopic (exact) mass is 261 g/mol. The molecule has 0 aliphatic rings. The number of nitrogens with zero attached hydrogens (tertiary/aromatic N) is 3. The highest BCUT2D eigenvalue weighted by Crippen LogP contribution is 2.10. The Morgan fingerprint density at radius 1 is 1.53 bits per heavy atom. The highest BCUT2D eigenvalue weighted by molar-refractivity contribution is 5.92. The van der Waals surface area contributed by atoms with E-state index in [4.69, 9.17) is 0 Å². The molecule has 0 radical (unpaired) electrons. The van der Waals surface area contributed by atoms with Gasteiger partial charge in [-0.25, -0.2) is 4.98 Å². The zero-order valence-electron chi connectivity index (χ0n) is 11.7. The summed E-state index contributed by atoms with van der Waals surface area (Å²) in [6.07, 6.45) is 1.75. The van der Waals surface area contributed by atoms with Crippen LogP contribution in [0.1, 0.15) is 47.6 Å². The van der Waals surface area contributed by atoms with Crippen LogP contribution in [0.15, 0.2) is 12.3 Å². The Bertz CT molecular complexity index is 584. The van der Waals surface area contributed by atoms with Crippen molar-refractivity contribution in [3.63, 3.8) is 0 Å². The number of rotatable bonds is 4. The topological polar surface area (TPSA) is 75.6 Å². The fourth-order valence-corrected chi connectivity index (χ4v) is 1.96. The van der Waals surface area contributed by atoms with E-state index in [2.05, 4.69) is 20.4 Å². The average molecular weight is 261 g/mol. The summed E-state index contributed by atoms with van der Waals surface area (Å²) >= 11 is 0. The molecule has 2 aromatic heterocycles. The quantitative estimate of drug-likeness (QED) is 0.880. The van der Waals surface area contributed by atoms with Crippen LogP contribution in [-0.2, 0) is 6.54 Å². The number of nitrogens with one attached hydrogen (secondary N) is 2. The number of H-pyrrole nitrogens is 1. The summed E-state index contributed by atoms with van der Waals surface area (Å²) in [5, 5.41) is 7.19. The maximum atomic E-state index is 12.2. The van der Waals surface area contributed by atoms with Gasteiger partial charge in [0.15, 0.2) is 0 Å². The van der Waals surface area contributed by atoms with E-state index in [9.17, 15) is 4.79 Å². The van der Waals surface area contributed by atoms with Gasteiger partial charge in [0.05, 0.1) is 11.7 Å². The average Bonchev–Trinajstić information content (AvgIpc) is 2.95. The number of carbonyl (C=O) groups excluding carboxylic acids is 1. The lowest BCUT2D eigenvalue weighted by Gasteiger charge is -2.12. The Balaban J connectivity index is 2.12. The second-order valence-corrected chi connectivity index (χ2v) is 4.63. The van der Waals surface area contributed by atoms with Gasteiger partial charge in [-0.1, -0.05) is 0 Å². The van der Waals surface area contributed by atoms with Crippen molar-refractivity contribution in [3.8, 4) is 0 Å². The summed E-state index contributed by atoms with van der Waals surface area (Å²) in [7, 11) is 0. The predicted octanol–water partition coefficient (Wildman–Crippen LogP) is 1.73. The van der Waals surface area contributed by atoms with Gasteiger partial charge >= 0.3 is 0 Å². The number of amides is 1. The van der Waals surface area contributed by atoms with Gasteiger partial charge in [0.25, 0.3) is 5.91 Å². The molecule has 102 valence electrons. The third-order valence-corrected chi connectivity index (χ3v) is 2.91. The van der Waals surface area contributed by atoms with Crippen LogP contribution >= 0.6 is 0 Å². The first kappa shape index (κ1) is 13.3. The number of imidazole rings is 1. The zero-order valence-corrected chi connectivity index (χ0v) is 11.7. The van der Waals surface area contributed by atoms with Crippen LogP contribution in [0, 0.1) is 13.8 Å². The molecule has 0 saturated carbocycles. The first-order valence-corrected chi connectivity index (χ1v) is 6.38. The molecule has 0 bridgehead atoms. The molecule has 0 unspecified atom stereocenters. The van der Waals surface area contributed by atoms with E-state index in [0.717, 1.165) is 17.2 Å². The number of hydrogen-bond donors (Lipinski definition) is 2.